The van der Waals surface area contributed by atoms with Gasteiger partial charge in [0.05, 0.1) is 0 Å². The van der Waals surface area contributed by atoms with Crippen molar-refractivity contribution in [1.82, 2.24) is 9.80 Å². The van der Waals surface area contributed by atoms with Gasteiger partial charge in [-0.2, -0.15) is 0 Å². The molecule has 0 aliphatic carbocycles. The summed E-state index contributed by atoms with van der Waals surface area (Å²) in [4.78, 5) is 5.09. The summed E-state index contributed by atoms with van der Waals surface area (Å²) in [6.45, 7) is 9.99. The van der Waals surface area contributed by atoms with Gasteiger partial charge in [-0.15, -0.1) is 0 Å². The largest absolute Gasteiger partial charge is 0.329 e. The molecule has 1 heterocycles. The Bertz CT molecular complexity index is 358. The molecule has 0 aromatic heterocycles. The molecule has 0 spiro atoms. The van der Waals surface area contributed by atoms with Crippen molar-refractivity contribution in [3.63, 3.8) is 0 Å². The van der Waals surface area contributed by atoms with Crippen LogP contribution in [-0.2, 0) is 6.54 Å². The number of hydrogen-bond donors (Lipinski definition) is 1. The van der Waals surface area contributed by atoms with Gasteiger partial charge in [-0.1, -0.05) is 37.3 Å². The van der Waals surface area contributed by atoms with Crippen LogP contribution < -0.4 is 5.73 Å². The summed E-state index contributed by atoms with van der Waals surface area (Å²) < 4.78 is 0. The number of nitrogens with two attached hydrogens (primary N) is 1. The second kappa shape index (κ2) is 8.40. The van der Waals surface area contributed by atoms with E-state index in [1.807, 2.05) is 0 Å². The maximum Gasteiger partial charge on any atom is 0.0233 e. The van der Waals surface area contributed by atoms with E-state index in [4.69, 9.17) is 5.73 Å². The molecular weight excluding hydrogens is 246 g/mol. The third-order valence-corrected chi connectivity index (χ3v) is 4.37. The monoisotopic (exact) mass is 275 g/mol. The van der Waals surface area contributed by atoms with Gasteiger partial charge >= 0.3 is 0 Å². The zero-order valence-electron chi connectivity index (χ0n) is 12.8. The summed E-state index contributed by atoms with van der Waals surface area (Å²) >= 11 is 0. The Morgan fingerprint density at radius 1 is 1.20 bits per heavy atom. The molecule has 0 unspecified atom stereocenters. The summed E-state index contributed by atoms with van der Waals surface area (Å²) in [7, 11) is 0. The average molecular weight is 275 g/mol. The minimum Gasteiger partial charge on any atom is -0.329 e. The van der Waals surface area contributed by atoms with E-state index in [1.165, 1.54) is 38.0 Å². The Labute approximate surface area is 123 Å². The molecule has 1 aromatic rings. The molecule has 0 radical (unpaired) electrons. The second-order valence-electron chi connectivity index (χ2n) is 5.89. The SMILES string of the molecule is CCN(CCN)CC1CCN(Cc2ccccc2)CC1. The van der Waals surface area contributed by atoms with Crippen LogP contribution in [-0.4, -0.2) is 49.1 Å². The van der Waals surface area contributed by atoms with Gasteiger partial charge in [0.1, 0.15) is 0 Å². The van der Waals surface area contributed by atoms with Crippen LogP contribution in [0.15, 0.2) is 30.3 Å². The fourth-order valence-corrected chi connectivity index (χ4v) is 3.09. The number of nitrogens with zero attached hydrogens (tertiary/aromatic N) is 2. The van der Waals surface area contributed by atoms with Gasteiger partial charge in [0.15, 0.2) is 0 Å². The first kappa shape index (κ1) is 15.5. The van der Waals surface area contributed by atoms with Gasteiger partial charge in [0, 0.05) is 26.2 Å². The zero-order valence-corrected chi connectivity index (χ0v) is 12.8. The van der Waals surface area contributed by atoms with Crippen LogP contribution in [0.4, 0.5) is 0 Å². The van der Waals surface area contributed by atoms with Crippen molar-refractivity contribution in [3.8, 4) is 0 Å². The van der Waals surface area contributed by atoms with Crippen molar-refractivity contribution >= 4 is 0 Å². The van der Waals surface area contributed by atoms with Crippen molar-refractivity contribution in [2.24, 2.45) is 11.7 Å². The molecule has 112 valence electrons. The lowest BCUT2D eigenvalue weighted by atomic mass is 9.95. The van der Waals surface area contributed by atoms with E-state index in [2.05, 4.69) is 47.1 Å². The molecule has 3 heteroatoms. The summed E-state index contributed by atoms with van der Waals surface area (Å²) in [5, 5.41) is 0. The highest BCUT2D eigenvalue weighted by Gasteiger charge is 2.20. The average Bonchev–Trinajstić information content (AvgIpc) is 2.50. The molecule has 0 saturated carbocycles. The van der Waals surface area contributed by atoms with Crippen LogP contribution in [0.1, 0.15) is 25.3 Å². The van der Waals surface area contributed by atoms with E-state index in [9.17, 15) is 0 Å². The zero-order chi connectivity index (χ0) is 14.2. The molecule has 2 rings (SSSR count). The van der Waals surface area contributed by atoms with Crippen molar-refractivity contribution in [2.75, 3.05) is 39.3 Å². The molecular formula is C17H29N3. The van der Waals surface area contributed by atoms with Crippen molar-refractivity contribution in [1.29, 1.82) is 0 Å². The highest BCUT2D eigenvalue weighted by molar-refractivity contribution is 5.14. The smallest absolute Gasteiger partial charge is 0.0233 e. The van der Waals surface area contributed by atoms with Crippen LogP contribution in [0.3, 0.4) is 0 Å². The van der Waals surface area contributed by atoms with E-state index in [0.29, 0.717) is 0 Å². The van der Waals surface area contributed by atoms with E-state index in [-0.39, 0.29) is 0 Å². The first-order valence-electron chi connectivity index (χ1n) is 8.00. The molecule has 1 saturated heterocycles. The predicted octanol–water partition coefficient (Wildman–Crippen LogP) is 2.18. The lowest BCUT2D eigenvalue weighted by Gasteiger charge is -2.34. The van der Waals surface area contributed by atoms with Crippen molar-refractivity contribution in [2.45, 2.75) is 26.3 Å². The summed E-state index contributed by atoms with van der Waals surface area (Å²) in [5.74, 6) is 0.855. The number of likely N-dealkylation sites (N-methyl/N-ethyl adjacent to an activating group) is 1. The summed E-state index contributed by atoms with van der Waals surface area (Å²) in [5.41, 5.74) is 7.10. The highest BCUT2D eigenvalue weighted by atomic mass is 15.1. The Morgan fingerprint density at radius 2 is 1.90 bits per heavy atom. The fraction of sp³-hybridized carbons (Fsp3) is 0.647. The predicted molar refractivity (Wildman–Crippen MR) is 85.6 cm³/mol. The van der Waals surface area contributed by atoms with Gasteiger partial charge in [0.25, 0.3) is 0 Å². The Balaban J connectivity index is 1.72. The maximum atomic E-state index is 5.67. The van der Waals surface area contributed by atoms with E-state index in [1.54, 1.807) is 0 Å². The van der Waals surface area contributed by atoms with Gasteiger partial charge in [-0.05, 0) is 44.0 Å². The number of rotatable bonds is 7. The number of hydrogen-bond acceptors (Lipinski definition) is 3. The van der Waals surface area contributed by atoms with E-state index in [0.717, 1.165) is 32.1 Å². The molecule has 1 aliphatic heterocycles. The van der Waals surface area contributed by atoms with E-state index >= 15 is 0 Å². The minimum absolute atomic E-state index is 0.778. The summed E-state index contributed by atoms with van der Waals surface area (Å²) in [6.07, 6.45) is 2.65. The Hall–Kier alpha value is -0.900. The van der Waals surface area contributed by atoms with Gasteiger partial charge in [-0.3, -0.25) is 4.90 Å². The summed E-state index contributed by atoms with van der Waals surface area (Å²) in [6, 6.07) is 10.8. The normalized spacial score (nSPS) is 17.8. The maximum absolute atomic E-state index is 5.67. The van der Waals surface area contributed by atoms with Crippen LogP contribution in [0.2, 0.25) is 0 Å². The standard InChI is InChI=1S/C17H29N3/c1-2-19(13-10-18)14-17-8-11-20(12-9-17)15-16-6-4-3-5-7-16/h3-7,17H,2,8-15,18H2,1H3. The van der Waals surface area contributed by atoms with Crippen LogP contribution in [0.5, 0.6) is 0 Å². The van der Waals surface area contributed by atoms with E-state index < -0.39 is 0 Å². The van der Waals surface area contributed by atoms with Gasteiger partial charge in [-0.25, -0.2) is 0 Å². The lowest BCUT2D eigenvalue weighted by Crippen LogP contribution is -2.39. The fourth-order valence-electron chi connectivity index (χ4n) is 3.09. The van der Waals surface area contributed by atoms with Gasteiger partial charge in [0.2, 0.25) is 0 Å². The van der Waals surface area contributed by atoms with Crippen LogP contribution in [0, 0.1) is 5.92 Å². The molecule has 1 aromatic carbocycles. The Kier molecular flexibility index (Phi) is 6.51. The Morgan fingerprint density at radius 3 is 2.50 bits per heavy atom. The number of likely N-dealkylation sites (tertiary alicyclic amines) is 1. The topological polar surface area (TPSA) is 32.5 Å². The quantitative estimate of drug-likeness (QED) is 0.828. The third-order valence-electron chi connectivity index (χ3n) is 4.37. The molecule has 1 fully saturated rings. The minimum atomic E-state index is 0.778. The van der Waals surface area contributed by atoms with Crippen molar-refractivity contribution < 1.29 is 0 Å². The first-order chi connectivity index (χ1) is 9.81. The number of piperidine rings is 1. The molecule has 0 atom stereocenters. The molecule has 2 N–H and O–H groups in total. The van der Waals surface area contributed by atoms with Crippen LogP contribution in [0.25, 0.3) is 0 Å². The van der Waals surface area contributed by atoms with Crippen LogP contribution >= 0.6 is 0 Å². The molecule has 3 nitrogen and oxygen atoms in total. The molecule has 20 heavy (non-hydrogen) atoms. The van der Waals surface area contributed by atoms with Crippen molar-refractivity contribution in [3.05, 3.63) is 35.9 Å². The highest BCUT2D eigenvalue weighted by Crippen LogP contribution is 2.20. The van der Waals surface area contributed by atoms with Gasteiger partial charge < -0.3 is 10.6 Å². The lowest BCUT2D eigenvalue weighted by molar-refractivity contribution is 0.142. The number of benzene rings is 1. The molecule has 1 aliphatic rings. The molecule has 0 bridgehead atoms. The first-order valence-corrected chi connectivity index (χ1v) is 8.00. The third kappa shape index (κ3) is 4.89. The second-order valence-corrected chi connectivity index (χ2v) is 5.89. The molecule has 0 amide bonds.